The molecule has 0 fully saturated rings. The molecule has 0 aromatic rings. The molecule has 0 spiro atoms. The first-order chi connectivity index (χ1) is 0. The monoisotopic (exact) mass is 423 g/mol. The molecular formula is H5BiFeMgMoP. The molecule has 0 saturated carbocycles. The van der Waals surface area contributed by atoms with Gasteiger partial charge < -0.3 is 2.85 Å². The van der Waals surface area contributed by atoms with E-state index in [1.165, 1.54) is 0 Å². The first-order valence-corrected chi connectivity index (χ1v) is 0. The average molecular weight is 421 g/mol. The molecule has 31 valence electrons. The normalized spacial score (nSPS) is 0. The summed E-state index contributed by atoms with van der Waals surface area (Å²) in [4.78, 5) is 0. The molecular weight excluding hydrogens is 416 g/mol. The van der Waals surface area contributed by atoms with E-state index in [1.807, 2.05) is 0 Å². The number of rotatable bonds is 0. The Morgan fingerprint density at radius 1 is 1.20 bits per heavy atom. The molecule has 0 aromatic heterocycles. The van der Waals surface area contributed by atoms with Crippen molar-refractivity contribution in [2.75, 3.05) is 0 Å². The van der Waals surface area contributed by atoms with Gasteiger partial charge in [0, 0.05) is 64.3 Å². The molecule has 0 rings (SSSR count). The van der Waals surface area contributed by atoms with Crippen LogP contribution in [-0.2, 0) is 38.1 Å². The molecule has 0 amide bonds. The van der Waals surface area contributed by atoms with Gasteiger partial charge in [-0.2, -0.15) is 9.90 Å². The van der Waals surface area contributed by atoms with Crippen LogP contribution in [0.3, 0.4) is 0 Å². The second-order valence-electron chi connectivity index (χ2n) is 0. The average Bonchev–Trinajstić information content (AvgIpc) is 0. The fourth-order valence-corrected chi connectivity index (χ4v) is 0. The van der Waals surface area contributed by atoms with Crippen molar-refractivity contribution in [2.24, 2.45) is 0 Å². The Bertz CT molecular complexity index is 17.7. The van der Waals surface area contributed by atoms with Gasteiger partial charge >= 0.3 is 23.1 Å². The number of hydrogen-bond donors (Lipinski definition) is 0. The second kappa shape index (κ2) is 26.7. The minimum absolute atomic E-state index is 0. The Morgan fingerprint density at radius 3 is 1.20 bits per heavy atom. The Morgan fingerprint density at radius 2 is 1.20 bits per heavy atom. The molecule has 0 saturated heterocycles. The summed E-state index contributed by atoms with van der Waals surface area (Å²) in [6.45, 7) is 0. The van der Waals surface area contributed by atoms with E-state index < -0.39 is 0 Å². The van der Waals surface area contributed by atoms with Crippen LogP contribution in [0.4, 0.5) is 0 Å². The predicted octanol–water partition coefficient (Wildman–Crippen LogP) is -0.484. The third-order valence-corrected chi connectivity index (χ3v) is 0. The van der Waals surface area contributed by atoms with Gasteiger partial charge in [0.1, 0.15) is 0 Å². The molecule has 0 heterocycles. The van der Waals surface area contributed by atoms with E-state index in [9.17, 15) is 0 Å². The summed E-state index contributed by atoms with van der Waals surface area (Å²) in [5.74, 6) is 0. The first kappa shape index (κ1) is 40.7. The van der Waals surface area contributed by atoms with Crippen molar-refractivity contribution in [2.45, 2.75) is 0 Å². The molecule has 1 atom stereocenters. The maximum absolute atomic E-state index is 0. The zero-order valence-corrected chi connectivity index (χ0v) is 12.0. The molecule has 0 aliphatic heterocycles. The van der Waals surface area contributed by atoms with Crippen molar-refractivity contribution in [1.82, 2.24) is 0 Å². The van der Waals surface area contributed by atoms with Crippen molar-refractivity contribution in [3.63, 3.8) is 0 Å². The largest absolute Gasteiger partial charge is 2.00 e. The van der Waals surface area contributed by atoms with Crippen molar-refractivity contribution < 1.29 is 41.0 Å². The minimum Gasteiger partial charge on any atom is -1.00 e. The van der Waals surface area contributed by atoms with Gasteiger partial charge in [-0.3, -0.25) is 0 Å². The van der Waals surface area contributed by atoms with Crippen LogP contribution in [0.15, 0.2) is 0 Å². The van der Waals surface area contributed by atoms with Gasteiger partial charge in [-0.25, -0.2) is 0 Å². The zero-order valence-electron chi connectivity index (χ0n) is 4.62. The van der Waals surface area contributed by atoms with Crippen molar-refractivity contribution >= 4 is 59.2 Å². The van der Waals surface area contributed by atoms with Crippen LogP contribution >= 0.6 is 9.90 Å². The topological polar surface area (TPSA) is 0 Å². The van der Waals surface area contributed by atoms with E-state index >= 15 is 0 Å². The maximum Gasteiger partial charge on any atom is 2.00 e. The summed E-state index contributed by atoms with van der Waals surface area (Å²) in [6.07, 6.45) is 0. The van der Waals surface area contributed by atoms with Crippen LogP contribution in [0.5, 0.6) is 0 Å². The van der Waals surface area contributed by atoms with Gasteiger partial charge in [0.2, 0.25) is 0 Å². The summed E-state index contributed by atoms with van der Waals surface area (Å²) in [7, 11) is 0. The van der Waals surface area contributed by atoms with Gasteiger partial charge in [0.05, 0.1) is 0 Å². The van der Waals surface area contributed by atoms with Gasteiger partial charge in [-0.05, 0) is 0 Å². The van der Waals surface area contributed by atoms with E-state index in [2.05, 4.69) is 0 Å². The molecule has 0 bridgehead atoms. The zero-order chi connectivity index (χ0) is 0. The third kappa shape index (κ3) is 18.9. The van der Waals surface area contributed by atoms with Gasteiger partial charge in [-0.1, -0.05) is 0 Å². The Balaban J connectivity index is 0. The second-order valence-corrected chi connectivity index (χ2v) is 0. The van der Waals surface area contributed by atoms with Crippen LogP contribution in [-0.4, -0.2) is 49.3 Å². The fourth-order valence-electron chi connectivity index (χ4n) is 0. The molecule has 1 unspecified atom stereocenters. The van der Waals surface area contributed by atoms with Gasteiger partial charge in [-0.15, -0.1) is 0 Å². The van der Waals surface area contributed by atoms with E-state index in [4.69, 9.17) is 0 Å². The van der Waals surface area contributed by atoms with E-state index in [0.717, 1.165) is 0 Å². The smallest absolute Gasteiger partial charge is 1.00 e. The van der Waals surface area contributed by atoms with Crippen molar-refractivity contribution in [1.29, 1.82) is 0 Å². The summed E-state index contributed by atoms with van der Waals surface area (Å²) in [5.41, 5.74) is 0. The van der Waals surface area contributed by atoms with Crippen LogP contribution in [0.25, 0.3) is 0 Å². The summed E-state index contributed by atoms with van der Waals surface area (Å²) >= 11 is 0. The van der Waals surface area contributed by atoms with E-state index in [-0.39, 0.29) is 100 Å². The van der Waals surface area contributed by atoms with Crippen LogP contribution in [0, 0.1) is 0 Å². The maximum atomic E-state index is 0. The Labute approximate surface area is 98.6 Å². The molecule has 5 heteroatoms. The van der Waals surface area contributed by atoms with E-state index in [0.29, 0.717) is 0 Å². The van der Waals surface area contributed by atoms with E-state index in [1.54, 1.807) is 0 Å². The SMILES string of the molecule is P.[Bi].[Fe].[H-].[H-].[Mg+2].[Mo]. The van der Waals surface area contributed by atoms with Crippen LogP contribution in [0.2, 0.25) is 0 Å². The van der Waals surface area contributed by atoms with Crippen LogP contribution in [0.1, 0.15) is 2.85 Å². The minimum atomic E-state index is 0. The van der Waals surface area contributed by atoms with Crippen LogP contribution < -0.4 is 0 Å². The molecule has 0 aliphatic carbocycles. The Hall–Kier alpha value is 3.29. The number of hydrogen-bond acceptors (Lipinski definition) is 0. The quantitative estimate of drug-likeness (QED) is 0.366. The molecule has 0 nitrogen and oxygen atoms in total. The molecule has 0 N–H and O–H groups in total. The standard InChI is InChI=1S/Bi.Fe.Mg.Mo.H3P.2H/h;;;;1H3;;/q;;+2;;;2*-1. The van der Waals surface area contributed by atoms with Gasteiger partial charge in [0.25, 0.3) is 0 Å². The molecule has 3 radical (unpaired) electrons. The molecule has 0 aliphatic rings. The molecule has 5 heavy (non-hydrogen) atoms. The predicted molar refractivity (Wildman–Crippen MR) is 24.8 cm³/mol. The Kier molecular flexibility index (Phi) is 217. The summed E-state index contributed by atoms with van der Waals surface area (Å²) < 4.78 is 0. The first-order valence-electron chi connectivity index (χ1n) is 0. The van der Waals surface area contributed by atoms with Crippen molar-refractivity contribution in [3.8, 4) is 0 Å². The third-order valence-electron chi connectivity index (χ3n) is 0. The fraction of sp³-hybridized carbons (Fsp3) is 0. The molecule has 0 aromatic carbocycles. The van der Waals surface area contributed by atoms with Crippen molar-refractivity contribution in [3.05, 3.63) is 0 Å². The van der Waals surface area contributed by atoms with Gasteiger partial charge in [0.15, 0.2) is 0 Å². The summed E-state index contributed by atoms with van der Waals surface area (Å²) in [6, 6.07) is 0. The summed E-state index contributed by atoms with van der Waals surface area (Å²) in [5, 5.41) is 0.